The van der Waals surface area contributed by atoms with Gasteiger partial charge >= 0.3 is 12.1 Å². The first-order chi connectivity index (χ1) is 6.28. The topological polar surface area (TPSA) is 92.9 Å². The first-order valence-electron chi connectivity index (χ1n) is 3.89. The summed E-state index contributed by atoms with van der Waals surface area (Å²) in [6, 6.07) is 0. The highest BCUT2D eigenvalue weighted by Crippen LogP contribution is 2.10. The van der Waals surface area contributed by atoms with E-state index in [2.05, 4.69) is 6.58 Å². The summed E-state index contributed by atoms with van der Waals surface area (Å²) in [5, 5.41) is 9.03. The number of nitrogens with two attached hydrogens (primary N) is 1. The number of carboxylic acid groups (broad SMARTS) is 1. The van der Waals surface area contributed by atoms with Crippen LogP contribution in [0.25, 0.3) is 0 Å². The summed E-state index contributed by atoms with van der Waals surface area (Å²) in [7, 11) is 0. The van der Waals surface area contributed by atoms with E-state index in [4.69, 9.17) is 15.7 Å². The molecule has 0 atom stereocenters. The second kappa shape index (κ2) is 4.61. The van der Waals surface area contributed by atoms with E-state index in [9.17, 15) is 9.59 Å². The Morgan fingerprint density at radius 3 is 2.50 bits per heavy atom. The van der Waals surface area contributed by atoms with E-state index >= 15 is 0 Å². The van der Waals surface area contributed by atoms with E-state index < -0.39 is 17.7 Å². The first-order valence-corrected chi connectivity index (χ1v) is 3.89. The smallest absolute Gasteiger partial charge is 0.421 e. The fourth-order valence-corrected chi connectivity index (χ4v) is 0.824. The fraction of sp³-hybridized carbons (Fsp3) is 0.500. The van der Waals surface area contributed by atoms with Crippen molar-refractivity contribution < 1.29 is 19.4 Å². The van der Waals surface area contributed by atoms with E-state index in [1.807, 2.05) is 0 Å². The summed E-state index contributed by atoms with van der Waals surface area (Å²) >= 11 is 0. The standard InChI is InChI=1S/C8H14N2O4/c1-4-6(11)14-8(2,3)5-10(9)7(12)13/h4H,1,5,9H2,2-3H3,(H,12,13). The minimum atomic E-state index is -1.28. The quantitative estimate of drug-likeness (QED) is 0.225. The summed E-state index contributed by atoms with van der Waals surface area (Å²) in [6.45, 7) is 6.22. The van der Waals surface area contributed by atoms with Gasteiger partial charge in [0.1, 0.15) is 5.60 Å². The number of hydrogen-bond acceptors (Lipinski definition) is 4. The lowest BCUT2D eigenvalue weighted by molar-refractivity contribution is -0.151. The molecule has 0 unspecified atom stereocenters. The van der Waals surface area contributed by atoms with Crippen LogP contribution in [0.3, 0.4) is 0 Å². The van der Waals surface area contributed by atoms with Gasteiger partial charge in [-0.15, -0.1) is 0 Å². The minimum Gasteiger partial charge on any atom is -0.464 e. The number of carbonyl (C=O) groups excluding carboxylic acids is 1. The molecule has 80 valence electrons. The molecular formula is C8H14N2O4. The SMILES string of the molecule is C=CC(=O)OC(C)(C)CN(N)C(=O)O. The van der Waals surface area contributed by atoms with Crippen LogP contribution in [0, 0.1) is 0 Å². The molecule has 0 radical (unpaired) electrons. The van der Waals surface area contributed by atoms with Crippen LogP contribution in [0.4, 0.5) is 4.79 Å². The molecule has 6 heteroatoms. The van der Waals surface area contributed by atoms with Gasteiger partial charge in [0.15, 0.2) is 0 Å². The molecule has 0 saturated heterocycles. The van der Waals surface area contributed by atoms with Gasteiger partial charge in [-0.2, -0.15) is 0 Å². The zero-order valence-corrected chi connectivity index (χ0v) is 8.19. The predicted octanol–water partition coefficient (Wildman–Crippen LogP) is 0.348. The number of carbonyl (C=O) groups is 2. The molecule has 0 aromatic rings. The van der Waals surface area contributed by atoms with Gasteiger partial charge in [0.05, 0.1) is 6.54 Å². The van der Waals surface area contributed by atoms with Crippen LogP contribution in [0.2, 0.25) is 0 Å². The second-order valence-corrected chi connectivity index (χ2v) is 3.30. The Hall–Kier alpha value is -1.56. The third-order valence-corrected chi connectivity index (χ3v) is 1.34. The van der Waals surface area contributed by atoms with E-state index in [0.29, 0.717) is 5.01 Å². The van der Waals surface area contributed by atoms with Crippen molar-refractivity contribution in [1.82, 2.24) is 5.01 Å². The van der Waals surface area contributed by atoms with Crippen LogP contribution in [0.1, 0.15) is 13.8 Å². The van der Waals surface area contributed by atoms with Crippen molar-refractivity contribution in [2.75, 3.05) is 6.54 Å². The molecular weight excluding hydrogens is 188 g/mol. The zero-order valence-electron chi connectivity index (χ0n) is 8.19. The van der Waals surface area contributed by atoms with E-state index in [1.165, 1.54) is 0 Å². The lowest BCUT2D eigenvalue weighted by atomic mass is 10.1. The van der Waals surface area contributed by atoms with Crippen molar-refractivity contribution in [2.45, 2.75) is 19.4 Å². The molecule has 3 N–H and O–H groups in total. The number of rotatable bonds is 4. The molecule has 0 rings (SSSR count). The van der Waals surface area contributed by atoms with Gasteiger partial charge in [-0.05, 0) is 13.8 Å². The molecule has 0 aliphatic carbocycles. The van der Waals surface area contributed by atoms with Crippen LogP contribution < -0.4 is 5.84 Å². The van der Waals surface area contributed by atoms with Crippen LogP contribution in [0.5, 0.6) is 0 Å². The predicted molar refractivity (Wildman–Crippen MR) is 49.3 cm³/mol. The number of nitrogens with zero attached hydrogens (tertiary/aromatic N) is 1. The Kier molecular flexibility index (Phi) is 4.10. The summed E-state index contributed by atoms with van der Waals surface area (Å²) in [5.41, 5.74) is -0.974. The van der Waals surface area contributed by atoms with E-state index in [0.717, 1.165) is 6.08 Å². The van der Waals surface area contributed by atoms with Crippen LogP contribution in [-0.4, -0.2) is 34.3 Å². The maximum absolute atomic E-state index is 10.8. The maximum atomic E-state index is 10.8. The highest BCUT2D eigenvalue weighted by Gasteiger charge is 2.26. The molecule has 0 aromatic heterocycles. The maximum Gasteiger partial charge on any atom is 0.421 e. The van der Waals surface area contributed by atoms with Crippen molar-refractivity contribution >= 4 is 12.1 Å². The normalized spacial score (nSPS) is 10.5. The molecule has 1 amide bonds. The number of esters is 1. The average Bonchev–Trinajstić information content (AvgIpc) is 2.02. The van der Waals surface area contributed by atoms with Crippen LogP contribution in [0.15, 0.2) is 12.7 Å². The molecule has 0 bridgehead atoms. The van der Waals surface area contributed by atoms with Gasteiger partial charge < -0.3 is 9.84 Å². The Balaban J connectivity index is 4.26. The van der Waals surface area contributed by atoms with Crippen molar-refractivity contribution in [3.63, 3.8) is 0 Å². The van der Waals surface area contributed by atoms with Gasteiger partial charge in [0, 0.05) is 6.08 Å². The third-order valence-electron chi connectivity index (χ3n) is 1.34. The van der Waals surface area contributed by atoms with Crippen molar-refractivity contribution in [1.29, 1.82) is 0 Å². The second-order valence-electron chi connectivity index (χ2n) is 3.30. The van der Waals surface area contributed by atoms with Crippen LogP contribution in [-0.2, 0) is 9.53 Å². The van der Waals surface area contributed by atoms with Gasteiger partial charge in [0.2, 0.25) is 0 Å². The number of ether oxygens (including phenoxy) is 1. The monoisotopic (exact) mass is 202 g/mol. The minimum absolute atomic E-state index is 0.109. The van der Waals surface area contributed by atoms with Crippen LogP contribution >= 0.6 is 0 Å². The Bertz CT molecular complexity index is 250. The average molecular weight is 202 g/mol. The lowest BCUT2D eigenvalue weighted by Crippen LogP contribution is -2.47. The van der Waals surface area contributed by atoms with Gasteiger partial charge in [0.25, 0.3) is 0 Å². The molecule has 6 nitrogen and oxygen atoms in total. The number of hydrogen-bond donors (Lipinski definition) is 2. The summed E-state index contributed by atoms with van der Waals surface area (Å²) < 4.78 is 4.87. The summed E-state index contributed by atoms with van der Waals surface area (Å²) in [6.07, 6.45) is -0.281. The van der Waals surface area contributed by atoms with E-state index in [-0.39, 0.29) is 6.54 Å². The molecule has 14 heavy (non-hydrogen) atoms. The third kappa shape index (κ3) is 4.46. The zero-order chi connectivity index (χ0) is 11.4. The van der Waals surface area contributed by atoms with Gasteiger partial charge in [-0.1, -0.05) is 6.58 Å². The lowest BCUT2D eigenvalue weighted by Gasteiger charge is -2.27. The van der Waals surface area contributed by atoms with Crippen molar-refractivity contribution in [3.8, 4) is 0 Å². The van der Waals surface area contributed by atoms with Gasteiger partial charge in [-0.25, -0.2) is 20.4 Å². The van der Waals surface area contributed by atoms with E-state index in [1.54, 1.807) is 13.8 Å². The largest absolute Gasteiger partial charge is 0.464 e. The Labute approximate surface area is 81.9 Å². The number of amides is 1. The molecule has 0 saturated carbocycles. The first kappa shape index (κ1) is 12.4. The fourth-order valence-electron chi connectivity index (χ4n) is 0.824. The van der Waals surface area contributed by atoms with Gasteiger partial charge in [-0.3, -0.25) is 0 Å². The molecule has 0 aliphatic rings. The van der Waals surface area contributed by atoms with Crippen molar-refractivity contribution in [3.05, 3.63) is 12.7 Å². The molecule has 0 heterocycles. The molecule has 0 aliphatic heterocycles. The Morgan fingerprint density at radius 1 is 1.64 bits per heavy atom. The van der Waals surface area contributed by atoms with Crippen molar-refractivity contribution in [2.24, 2.45) is 5.84 Å². The molecule has 0 spiro atoms. The highest BCUT2D eigenvalue weighted by atomic mass is 16.6. The number of hydrazine groups is 1. The Morgan fingerprint density at radius 2 is 2.14 bits per heavy atom. The summed E-state index contributed by atoms with van der Waals surface area (Å²) in [5.74, 6) is 4.52. The highest BCUT2D eigenvalue weighted by molar-refractivity contribution is 5.81. The molecule has 0 aromatic carbocycles. The molecule has 0 fully saturated rings. The summed E-state index contributed by atoms with van der Waals surface area (Å²) in [4.78, 5) is 21.2.